The van der Waals surface area contributed by atoms with E-state index < -0.39 is 11.5 Å². The predicted molar refractivity (Wildman–Crippen MR) is 111 cm³/mol. The van der Waals surface area contributed by atoms with Gasteiger partial charge in [0.25, 0.3) is 11.5 Å². The first-order valence-electron chi connectivity index (χ1n) is 9.48. The van der Waals surface area contributed by atoms with E-state index in [4.69, 9.17) is 0 Å². The number of allylic oxidation sites excluding steroid dienone is 4. The number of hydrazone groups is 1. The summed E-state index contributed by atoms with van der Waals surface area (Å²) in [6, 6.07) is 9.11. The normalized spacial score (nSPS) is 18.6. The van der Waals surface area contributed by atoms with Crippen molar-refractivity contribution in [2.24, 2.45) is 5.10 Å². The van der Waals surface area contributed by atoms with Gasteiger partial charge >= 0.3 is 0 Å². The van der Waals surface area contributed by atoms with Crippen LogP contribution >= 0.6 is 0 Å². The van der Waals surface area contributed by atoms with E-state index in [9.17, 15) is 9.59 Å². The zero-order valence-corrected chi connectivity index (χ0v) is 15.7. The molecule has 1 aliphatic heterocycles. The van der Waals surface area contributed by atoms with Gasteiger partial charge in [-0.25, -0.2) is 4.98 Å². The second-order valence-electron chi connectivity index (χ2n) is 6.81. The number of amides is 1. The lowest BCUT2D eigenvalue weighted by Crippen LogP contribution is -2.35. The van der Waals surface area contributed by atoms with E-state index in [-0.39, 0.29) is 17.6 Å². The topological polar surface area (TPSA) is 99.2 Å². The third kappa shape index (κ3) is 4.24. The van der Waals surface area contributed by atoms with Gasteiger partial charge < -0.3 is 10.3 Å². The molecule has 1 aromatic carbocycles. The number of hydrogen-bond acceptors (Lipinski definition) is 5. The fraction of sp³-hybridized carbons (Fsp3) is 0.182. The SMILES string of the molecule is O=C(NC(C1=CC=CCC1)c1ccccc1)c1cnc(C2C=CC=NN2)[nH]c1=O. The van der Waals surface area contributed by atoms with Crippen molar-refractivity contribution in [2.45, 2.75) is 24.9 Å². The number of carbonyl (C=O) groups excluding carboxylic acids is 1. The van der Waals surface area contributed by atoms with Gasteiger partial charge in [-0.2, -0.15) is 5.10 Å². The lowest BCUT2D eigenvalue weighted by Gasteiger charge is -2.23. The van der Waals surface area contributed by atoms with E-state index in [0.717, 1.165) is 24.0 Å². The highest BCUT2D eigenvalue weighted by Crippen LogP contribution is 2.27. The number of rotatable bonds is 5. The molecule has 0 saturated heterocycles. The summed E-state index contributed by atoms with van der Waals surface area (Å²) in [5, 5.41) is 6.94. The molecule has 0 spiro atoms. The number of benzene rings is 1. The number of hydrogen-bond donors (Lipinski definition) is 3. The molecular formula is C22H21N5O2. The van der Waals surface area contributed by atoms with Gasteiger partial charge in [0.15, 0.2) is 0 Å². The van der Waals surface area contributed by atoms with Crippen molar-refractivity contribution in [3.05, 3.63) is 99.8 Å². The van der Waals surface area contributed by atoms with Crippen LogP contribution in [-0.4, -0.2) is 22.1 Å². The fourth-order valence-electron chi connectivity index (χ4n) is 3.36. The average molecular weight is 387 g/mol. The van der Waals surface area contributed by atoms with E-state index in [1.807, 2.05) is 48.6 Å². The molecule has 1 aliphatic carbocycles. The van der Waals surface area contributed by atoms with Gasteiger partial charge in [0.05, 0.1) is 6.04 Å². The second-order valence-corrected chi connectivity index (χ2v) is 6.81. The lowest BCUT2D eigenvalue weighted by molar-refractivity contribution is 0.0939. The molecular weight excluding hydrogens is 366 g/mol. The first-order chi connectivity index (χ1) is 14.2. The Morgan fingerprint density at radius 1 is 1.21 bits per heavy atom. The first kappa shape index (κ1) is 18.6. The Hall–Kier alpha value is -3.74. The molecule has 2 heterocycles. The van der Waals surface area contributed by atoms with Crippen LogP contribution in [0.5, 0.6) is 0 Å². The van der Waals surface area contributed by atoms with Gasteiger partial charge in [0.1, 0.15) is 17.4 Å². The minimum atomic E-state index is -0.485. The number of aromatic amines is 1. The molecule has 1 aromatic heterocycles. The summed E-state index contributed by atoms with van der Waals surface area (Å²) in [5.74, 6) is -0.0563. The van der Waals surface area contributed by atoms with Crippen molar-refractivity contribution < 1.29 is 4.79 Å². The molecule has 2 unspecified atom stereocenters. The van der Waals surface area contributed by atoms with Crippen LogP contribution in [0.3, 0.4) is 0 Å². The molecule has 1 amide bonds. The number of H-pyrrole nitrogens is 1. The van der Waals surface area contributed by atoms with Crippen LogP contribution in [0.1, 0.15) is 46.7 Å². The summed E-state index contributed by atoms with van der Waals surface area (Å²) in [6.07, 6.45) is 14.4. The highest BCUT2D eigenvalue weighted by molar-refractivity contribution is 5.94. The van der Waals surface area contributed by atoms with E-state index in [0.29, 0.717) is 5.82 Å². The zero-order chi connectivity index (χ0) is 20.1. The predicted octanol–water partition coefficient (Wildman–Crippen LogP) is 2.70. The first-order valence-corrected chi connectivity index (χ1v) is 9.48. The van der Waals surface area contributed by atoms with Gasteiger partial charge in [-0.05, 0) is 30.1 Å². The molecule has 2 aliphatic rings. The highest BCUT2D eigenvalue weighted by atomic mass is 16.2. The molecule has 0 saturated carbocycles. The van der Waals surface area contributed by atoms with Crippen molar-refractivity contribution in [2.75, 3.05) is 0 Å². The zero-order valence-electron chi connectivity index (χ0n) is 15.7. The van der Waals surface area contributed by atoms with Crippen molar-refractivity contribution in [1.82, 2.24) is 20.7 Å². The number of carbonyl (C=O) groups is 1. The van der Waals surface area contributed by atoms with Crippen LogP contribution in [0.2, 0.25) is 0 Å². The Labute approximate surface area is 168 Å². The van der Waals surface area contributed by atoms with Gasteiger partial charge in [0.2, 0.25) is 0 Å². The monoisotopic (exact) mass is 387 g/mol. The molecule has 2 aromatic rings. The van der Waals surface area contributed by atoms with Gasteiger partial charge in [-0.15, -0.1) is 0 Å². The maximum absolute atomic E-state index is 12.9. The van der Waals surface area contributed by atoms with Gasteiger partial charge in [-0.3, -0.25) is 15.0 Å². The van der Waals surface area contributed by atoms with Crippen molar-refractivity contribution in [3.63, 3.8) is 0 Å². The third-order valence-electron chi connectivity index (χ3n) is 4.86. The summed E-state index contributed by atoms with van der Waals surface area (Å²) in [4.78, 5) is 32.4. The fourth-order valence-corrected chi connectivity index (χ4v) is 3.36. The summed E-state index contributed by atoms with van der Waals surface area (Å²) in [6.45, 7) is 0. The molecule has 7 nitrogen and oxygen atoms in total. The van der Waals surface area contributed by atoms with Crippen molar-refractivity contribution >= 4 is 12.1 Å². The van der Waals surface area contributed by atoms with Crippen molar-refractivity contribution in [3.8, 4) is 0 Å². The van der Waals surface area contributed by atoms with E-state index >= 15 is 0 Å². The molecule has 146 valence electrons. The van der Waals surface area contributed by atoms with Crippen LogP contribution in [0.4, 0.5) is 0 Å². The van der Waals surface area contributed by atoms with E-state index in [1.165, 1.54) is 6.20 Å². The smallest absolute Gasteiger partial charge is 0.263 e. The standard InChI is InChI=1S/C22H21N5O2/c28-21(17-14-23-20(26-22(17)29)18-12-7-13-24-27-18)25-19(15-8-3-1-4-9-15)16-10-5-2-6-11-16/h1-5,7-10,12-14,18-19,27H,6,11H2,(H,25,28)(H,23,26,29). The number of nitrogens with one attached hydrogen (secondary N) is 3. The van der Waals surface area contributed by atoms with Crippen LogP contribution in [0, 0.1) is 0 Å². The van der Waals surface area contributed by atoms with Gasteiger partial charge in [0, 0.05) is 12.4 Å². The van der Waals surface area contributed by atoms with Crippen LogP contribution in [-0.2, 0) is 0 Å². The Balaban J connectivity index is 1.58. The maximum Gasteiger partial charge on any atom is 0.263 e. The third-order valence-corrected chi connectivity index (χ3v) is 4.86. The van der Waals surface area contributed by atoms with E-state index in [2.05, 4.69) is 31.9 Å². The highest BCUT2D eigenvalue weighted by Gasteiger charge is 2.22. The lowest BCUT2D eigenvalue weighted by atomic mass is 9.92. The molecule has 2 atom stereocenters. The maximum atomic E-state index is 12.9. The van der Waals surface area contributed by atoms with Crippen LogP contribution in [0.15, 0.2) is 82.4 Å². The Morgan fingerprint density at radius 2 is 2.07 bits per heavy atom. The number of aromatic nitrogens is 2. The van der Waals surface area contributed by atoms with E-state index in [1.54, 1.807) is 12.3 Å². The quantitative estimate of drug-likeness (QED) is 0.734. The summed E-state index contributed by atoms with van der Waals surface area (Å²) in [5.41, 5.74) is 4.41. The summed E-state index contributed by atoms with van der Waals surface area (Å²) in [7, 11) is 0. The number of nitrogens with zero attached hydrogens (tertiary/aromatic N) is 2. The second kappa shape index (κ2) is 8.52. The molecule has 0 fully saturated rings. The summed E-state index contributed by atoms with van der Waals surface area (Å²) >= 11 is 0. The molecule has 3 N–H and O–H groups in total. The summed E-state index contributed by atoms with van der Waals surface area (Å²) < 4.78 is 0. The van der Waals surface area contributed by atoms with Crippen molar-refractivity contribution in [1.29, 1.82) is 0 Å². The Morgan fingerprint density at radius 3 is 2.76 bits per heavy atom. The Bertz CT molecular complexity index is 1070. The largest absolute Gasteiger partial charge is 0.341 e. The minimum absolute atomic E-state index is 0.0232. The Kier molecular flexibility index (Phi) is 5.47. The molecule has 4 rings (SSSR count). The van der Waals surface area contributed by atoms with Crippen LogP contribution < -0.4 is 16.3 Å². The average Bonchev–Trinajstić information content (AvgIpc) is 2.79. The van der Waals surface area contributed by atoms with Crippen LogP contribution in [0.25, 0.3) is 0 Å². The molecule has 29 heavy (non-hydrogen) atoms. The minimum Gasteiger partial charge on any atom is -0.341 e. The molecule has 0 bridgehead atoms. The molecule has 7 heteroatoms. The van der Waals surface area contributed by atoms with Gasteiger partial charge in [-0.1, -0.05) is 54.6 Å². The molecule has 0 radical (unpaired) electrons.